The Balaban J connectivity index is 2.02. The Bertz CT molecular complexity index is 880. The van der Waals surface area contributed by atoms with Crippen molar-refractivity contribution in [3.05, 3.63) is 70.2 Å². The molecule has 146 valence electrons. The first-order valence-electron chi connectivity index (χ1n) is 8.52. The monoisotopic (exact) mass is 402 g/mol. The van der Waals surface area contributed by atoms with Crippen LogP contribution in [0.4, 0.5) is 0 Å². The van der Waals surface area contributed by atoms with Crippen LogP contribution in [0, 0.1) is 0 Å². The smallest absolute Gasteiger partial charge is 0.339 e. The molecule has 7 nitrogen and oxygen atoms in total. The Morgan fingerprint density at radius 2 is 1.54 bits per heavy atom. The average molecular weight is 403 g/mol. The quantitative estimate of drug-likeness (QED) is 0.519. The zero-order valence-corrected chi connectivity index (χ0v) is 15.9. The fraction of sp³-hybridized carbons (Fsp3) is 0.200. The summed E-state index contributed by atoms with van der Waals surface area (Å²) in [4.78, 5) is 48.0. The molecule has 0 atom stereocenters. The van der Waals surface area contributed by atoms with Gasteiger partial charge in [0.1, 0.15) is 0 Å². The number of benzene rings is 2. The van der Waals surface area contributed by atoms with Gasteiger partial charge in [-0.1, -0.05) is 29.8 Å². The van der Waals surface area contributed by atoms with E-state index in [0.717, 1.165) is 0 Å². The molecule has 0 unspecified atom stereocenters. The molecule has 0 fully saturated rings. The van der Waals surface area contributed by atoms with Gasteiger partial charge in [-0.25, -0.2) is 4.79 Å². The number of likely N-dealkylation sites (N-methyl/N-ethyl adjacent to an activating group) is 1. The van der Waals surface area contributed by atoms with Crippen molar-refractivity contribution in [2.24, 2.45) is 0 Å². The second-order valence-electron chi connectivity index (χ2n) is 5.69. The number of halogens is 1. The second kappa shape index (κ2) is 10.2. The normalized spacial score (nSPS) is 10.1. The predicted molar refractivity (Wildman–Crippen MR) is 103 cm³/mol. The molecule has 28 heavy (non-hydrogen) atoms. The van der Waals surface area contributed by atoms with Gasteiger partial charge in [-0.05, 0) is 37.3 Å². The fourth-order valence-corrected chi connectivity index (χ4v) is 2.44. The minimum atomic E-state index is -0.814. The third-order valence-electron chi connectivity index (χ3n) is 3.65. The SMILES string of the molecule is CCNC(=O)CNC(=O)COC(=O)c1ccccc1C(=O)c1ccc(Cl)cc1. The molecule has 0 saturated heterocycles. The molecule has 2 amide bonds. The van der Waals surface area contributed by atoms with Crippen LogP contribution < -0.4 is 10.6 Å². The summed E-state index contributed by atoms with van der Waals surface area (Å²) in [6, 6.07) is 12.4. The summed E-state index contributed by atoms with van der Waals surface area (Å²) < 4.78 is 4.97. The van der Waals surface area contributed by atoms with Gasteiger partial charge in [-0.3, -0.25) is 14.4 Å². The van der Waals surface area contributed by atoms with Crippen LogP contribution in [0.1, 0.15) is 33.2 Å². The summed E-state index contributed by atoms with van der Waals surface area (Å²) in [6.07, 6.45) is 0. The number of nitrogens with one attached hydrogen (secondary N) is 2. The van der Waals surface area contributed by atoms with E-state index in [1.807, 2.05) is 0 Å². The number of amides is 2. The molecule has 0 heterocycles. The molecule has 2 aromatic carbocycles. The van der Waals surface area contributed by atoms with E-state index in [0.29, 0.717) is 17.1 Å². The van der Waals surface area contributed by atoms with Crippen LogP contribution in [-0.2, 0) is 14.3 Å². The van der Waals surface area contributed by atoms with Crippen molar-refractivity contribution in [1.82, 2.24) is 10.6 Å². The molecule has 0 aliphatic heterocycles. The van der Waals surface area contributed by atoms with Gasteiger partial charge in [-0.15, -0.1) is 0 Å². The number of ether oxygens (including phenoxy) is 1. The maximum absolute atomic E-state index is 12.7. The largest absolute Gasteiger partial charge is 0.452 e. The molecule has 0 aliphatic rings. The van der Waals surface area contributed by atoms with Crippen molar-refractivity contribution >= 4 is 35.2 Å². The number of hydrogen-bond acceptors (Lipinski definition) is 5. The second-order valence-corrected chi connectivity index (χ2v) is 6.12. The molecule has 0 aromatic heterocycles. The van der Waals surface area contributed by atoms with E-state index in [1.165, 1.54) is 12.1 Å². The third-order valence-corrected chi connectivity index (χ3v) is 3.90. The molecule has 0 spiro atoms. The molecule has 0 aliphatic carbocycles. The van der Waals surface area contributed by atoms with Gasteiger partial charge < -0.3 is 15.4 Å². The number of esters is 1. The number of carbonyl (C=O) groups is 4. The Labute approximate surface area is 167 Å². The van der Waals surface area contributed by atoms with E-state index < -0.39 is 18.5 Å². The maximum atomic E-state index is 12.7. The summed E-state index contributed by atoms with van der Waals surface area (Å²) in [6.45, 7) is 1.42. The summed E-state index contributed by atoms with van der Waals surface area (Å²) in [5.41, 5.74) is 0.556. The number of hydrogen-bond donors (Lipinski definition) is 2. The van der Waals surface area contributed by atoms with Crippen molar-refractivity contribution in [2.45, 2.75) is 6.92 Å². The van der Waals surface area contributed by atoms with E-state index in [1.54, 1.807) is 43.3 Å². The average Bonchev–Trinajstić information content (AvgIpc) is 2.70. The van der Waals surface area contributed by atoms with Gasteiger partial charge in [-0.2, -0.15) is 0 Å². The van der Waals surface area contributed by atoms with Crippen LogP contribution in [0.2, 0.25) is 5.02 Å². The highest BCUT2D eigenvalue weighted by atomic mass is 35.5. The molecule has 2 rings (SSSR count). The van der Waals surface area contributed by atoms with Crippen LogP contribution in [-0.4, -0.2) is 43.3 Å². The Kier molecular flexibility index (Phi) is 7.71. The standard InChI is InChI=1S/C20H19ClN2O5/c1-2-22-17(24)11-23-18(25)12-28-20(27)16-6-4-3-5-15(16)19(26)13-7-9-14(21)10-8-13/h3-10H,2,11-12H2,1H3,(H,22,24)(H,23,25). The lowest BCUT2D eigenvalue weighted by molar-refractivity contribution is -0.127. The number of carbonyl (C=O) groups excluding carboxylic acids is 4. The van der Waals surface area contributed by atoms with Crippen LogP contribution in [0.3, 0.4) is 0 Å². The molecule has 2 N–H and O–H groups in total. The highest BCUT2D eigenvalue weighted by molar-refractivity contribution is 6.30. The lowest BCUT2D eigenvalue weighted by atomic mass is 9.98. The lowest BCUT2D eigenvalue weighted by Crippen LogP contribution is -2.38. The first-order chi connectivity index (χ1) is 13.4. The zero-order valence-electron chi connectivity index (χ0n) is 15.2. The summed E-state index contributed by atoms with van der Waals surface area (Å²) in [7, 11) is 0. The molecule has 0 saturated carbocycles. The van der Waals surface area contributed by atoms with Gasteiger partial charge in [0.05, 0.1) is 12.1 Å². The molecular weight excluding hydrogens is 384 g/mol. The topological polar surface area (TPSA) is 102 Å². The minimum Gasteiger partial charge on any atom is -0.452 e. The molecular formula is C20H19ClN2O5. The highest BCUT2D eigenvalue weighted by Crippen LogP contribution is 2.17. The Hall–Kier alpha value is -3.19. The van der Waals surface area contributed by atoms with Crippen LogP contribution in [0.5, 0.6) is 0 Å². The van der Waals surface area contributed by atoms with Crippen molar-refractivity contribution in [2.75, 3.05) is 19.7 Å². The van der Waals surface area contributed by atoms with E-state index >= 15 is 0 Å². The van der Waals surface area contributed by atoms with Crippen LogP contribution >= 0.6 is 11.6 Å². The first-order valence-corrected chi connectivity index (χ1v) is 8.90. The molecule has 8 heteroatoms. The Morgan fingerprint density at radius 1 is 0.893 bits per heavy atom. The van der Waals surface area contributed by atoms with Crippen molar-refractivity contribution in [1.29, 1.82) is 0 Å². The fourth-order valence-electron chi connectivity index (χ4n) is 2.31. The third kappa shape index (κ3) is 5.92. The maximum Gasteiger partial charge on any atom is 0.339 e. The summed E-state index contributed by atoms with van der Waals surface area (Å²) >= 11 is 5.83. The van der Waals surface area contributed by atoms with Crippen LogP contribution in [0.25, 0.3) is 0 Å². The van der Waals surface area contributed by atoms with E-state index in [9.17, 15) is 19.2 Å². The van der Waals surface area contributed by atoms with Crippen LogP contribution in [0.15, 0.2) is 48.5 Å². The lowest BCUT2D eigenvalue weighted by Gasteiger charge is -2.10. The van der Waals surface area contributed by atoms with Crippen molar-refractivity contribution in [3.63, 3.8) is 0 Å². The summed E-state index contributed by atoms with van der Waals surface area (Å²) in [5.74, 6) is -2.15. The van der Waals surface area contributed by atoms with E-state index in [4.69, 9.17) is 16.3 Å². The van der Waals surface area contributed by atoms with Gasteiger partial charge in [0.15, 0.2) is 12.4 Å². The number of ketones is 1. The van der Waals surface area contributed by atoms with Gasteiger partial charge >= 0.3 is 5.97 Å². The van der Waals surface area contributed by atoms with Crippen molar-refractivity contribution in [3.8, 4) is 0 Å². The molecule has 0 radical (unpaired) electrons. The number of rotatable bonds is 8. The van der Waals surface area contributed by atoms with Crippen molar-refractivity contribution < 1.29 is 23.9 Å². The molecule has 0 bridgehead atoms. The van der Waals surface area contributed by atoms with E-state index in [2.05, 4.69) is 10.6 Å². The molecule has 2 aromatic rings. The Morgan fingerprint density at radius 3 is 2.18 bits per heavy atom. The van der Waals surface area contributed by atoms with Gasteiger partial charge in [0.25, 0.3) is 5.91 Å². The zero-order chi connectivity index (χ0) is 20.5. The van der Waals surface area contributed by atoms with E-state index in [-0.39, 0.29) is 29.4 Å². The van der Waals surface area contributed by atoms with Gasteiger partial charge in [0, 0.05) is 22.7 Å². The minimum absolute atomic E-state index is 0.0407. The highest BCUT2D eigenvalue weighted by Gasteiger charge is 2.20. The predicted octanol–water partition coefficient (Wildman–Crippen LogP) is 1.98. The first kappa shape index (κ1) is 21.1. The van der Waals surface area contributed by atoms with Gasteiger partial charge in [0.2, 0.25) is 5.91 Å². The summed E-state index contributed by atoms with van der Waals surface area (Å²) in [5, 5.41) is 5.35.